The number of aliphatic hydroxyl groups is 1. The van der Waals surface area contributed by atoms with Crippen LogP contribution in [0.2, 0.25) is 0 Å². The molecular formula is C16H21NO4. The third kappa shape index (κ3) is 3.08. The number of amides is 1. The standard InChI is InChI=1S/C16H21NO4/c1-12(13-6-3-2-4-7-13)17-11-16(15(20)21,8-5-9-18)10-14(17)19/h2-4,6-7,12,18H,5,8-11H2,1H3,(H,20,21)/t12-,16+/m1/s1. The fourth-order valence-electron chi connectivity index (χ4n) is 2.96. The predicted molar refractivity (Wildman–Crippen MR) is 77.6 cm³/mol. The van der Waals surface area contributed by atoms with Crippen LogP contribution in [0.3, 0.4) is 0 Å². The van der Waals surface area contributed by atoms with Crippen LogP contribution in [0.4, 0.5) is 0 Å². The van der Waals surface area contributed by atoms with E-state index in [0.29, 0.717) is 12.8 Å². The van der Waals surface area contributed by atoms with Crippen molar-refractivity contribution in [1.29, 1.82) is 0 Å². The van der Waals surface area contributed by atoms with Gasteiger partial charge in [-0.1, -0.05) is 30.3 Å². The first-order valence-electron chi connectivity index (χ1n) is 7.19. The lowest BCUT2D eigenvalue weighted by Crippen LogP contribution is -2.36. The van der Waals surface area contributed by atoms with Gasteiger partial charge in [0, 0.05) is 19.6 Å². The first-order chi connectivity index (χ1) is 10.00. The number of hydrogen-bond acceptors (Lipinski definition) is 3. The number of likely N-dealkylation sites (tertiary alicyclic amines) is 1. The van der Waals surface area contributed by atoms with Crippen LogP contribution in [0.15, 0.2) is 30.3 Å². The second-order valence-electron chi connectivity index (χ2n) is 5.70. The second-order valence-corrected chi connectivity index (χ2v) is 5.70. The third-order valence-corrected chi connectivity index (χ3v) is 4.30. The minimum Gasteiger partial charge on any atom is -0.481 e. The van der Waals surface area contributed by atoms with E-state index in [1.54, 1.807) is 4.90 Å². The number of hydrogen-bond donors (Lipinski definition) is 2. The summed E-state index contributed by atoms with van der Waals surface area (Å²) in [6.07, 6.45) is 0.731. The van der Waals surface area contributed by atoms with Crippen molar-refractivity contribution in [2.75, 3.05) is 13.2 Å². The Labute approximate surface area is 124 Å². The van der Waals surface area contributed by atoms with E-state index in [1.807, 2.05) is 37.3 Å². The zero-order valence-corrected chi connectivity index (χ0v) is 12.2. The van der Waals surface area contributed by atoms with Gasteiger partial charge in [-0.15, -0.1) is 0 Å². The van der Waals surface area contributed by atoms with Gasteiger partial charge in [-0.25, -0.2) is 0 Å². The summed E-state index contributed by atoms with van der Waals surface area (Å²) in [6, 6.07) is 9.45. The van der Waals surface area contributed by atoms with E-state index in [2.05, 4.69) is 0 Å². The highest BCUT2D eigenvalue weighted by molar-refractivity contribution is 5.89. The van der Waals surface area contributed by atoms with Crippen LogP contribution in [-0.2, 0) is 9.59 Å². The van der Waals surface area contributed by atoms with Crippen molar-refractivity contribution in [2.24, 2.45) is 5.41 Å². The molecule has 5 heteroatoms. The molecule has 2 N–H and O–H groups in total. The maximum absolute atomic E-state index is 12.3. The van der Waals surface area contributed by atoms with Crippen LogP contribution in [0.5, 0.6) is 0 Å². The minimum absolute atomic E-state index is 0.0134. The summed E-state index contributed by atoms with van der Waals surface area (Å²) in [4.78, 5) is 25.5. The highest BCUT2D eigenvalue weighted by Gasteiger charge is 2.49. The Hall–Kier alpha value is -1.88. The van der Waals surface area contributed by atoms with Crippen LogP contribution in [0.25, 0.3) is 0 Å². The van der Waals surface area contributed by atoms with Crippen molar-refractivity contribution in [3.63, 3.8) is 0 Å². The van der Waals surface area contributed by atoms with Crippen LogP contribution in [0, 0.1) is 5.41 Å². The molecule has 0 aliphatic carbocycles. The average Bonchev–Trinajstić information content (AvgIpc) is 2.83. The Bertz CT molecular complexity index is 516. The van der Waals surface area contributed by atoms with E-state index in [0.717, 1.165) is 5.56 Å². The van der Waals surface area contributed by atoms with Crippen molar-refractivity contribution < 1.29 is 19.8 Å². The van der Waals surface area contributed by atoms with E-state index < -0.39 is 11.4 Å². The lowest BCUT2D eigenvalue weighted by Gasteiger charge is -2.28. The molecule has 0 spiro atoms. The predicted octanol–water partition coefficient (Wildman–Crippen LogP) is 1.82. The SMILES string of the molecule is C[C@H](c1ccccc1)N1C[C@@](CCCO)(C(=O)O)CC1=O. The number of carboxylic acid groups (broad SMARTS) is 1. The van der Waals surface area contributed by atoms with Gasteiger partial charge in [0.25, 0.3) is 0 Å². The molecule has 0 aromatic heterocycles. The zero-order chi connectivity index (χ0) is 15.5. The van der Waals surface area contributed by atoms with Crippen molar-refractivity contribution in [2.45, 2.75) is 32.2 Å². The minimum atomic E-state index is -1.07. The molecular weight excluding hydrogens is 270 g/mol. The van der Waals surface area contributed by atoms with Crippen LogP contribution < -0.4 is 0 Å². The van der Waals surface area contributed by atoms with Crippen LogP contribution in [-0.4, -0.2) is 40.1 Å². The van der Waals surface area contributed by atoms with Crippen molar-refractivity contribution in [3.05, 3.63) is 35.9 Å². The first kappa shape index (κ1) is 15.5. The zero-order valence-electron chi connectivity index (χ0n) is 12.2. The smallest absolute Gasteiger partial charge is 0.311 e. The van der Waals surface area contributed by atoms with Crippen molar-refractivity contribution >= 4 is 11.9 Å². The van der Waals surface area contributed by atoms with Crippen molar-refractivity contribution in [1.82, 2.24) is 4.90 Å². The summed E-state index contributed by atoms with van der Waals surface area (Å²) in [5.74, 6) is -1.08. The lowest BCUT2D eigenvalue weighted by molar-refractivity contribution is -0.149. The van der Waals surface area contributed by atoms with Gasteiger partial charge in [0.1, 0.15) is 0 Å². The first-order valence-corrected chi connectivity index (χ1v) is 7.19. The maximum Gasteiger partial charge on any atom is 0.311 e. The Balaban J connectivity index is 2.19. The van der Waals surface area contributed by atoms with Gasteiger partial charge in [-0.2, -0.15) is 0 Å². The fraction of sp³-hybridized carbons (Fsp3) is 0.500. The Kier molecular flexibility index (Phi) is 4.63. The molecule has 1 amide bonds. The summed E-state index contributed by atoms with van der Waals surface area (Å²) in [6.45, 7) is 2.06. The summed E-state index contributed by atoms with van der Waals surface area (Å²) in [5.41, 5.74) is -0.0720. The normalized spacial score (nSPS) is 23.3. The summed E-state index contributed by atoms with van der Waals surface area (Å²) in [7, 11) is 0. The summed E-state index contributed by atoms with van der Waals surface area (Å²) < 4.78 is 0. The molecule has 5 nitrogen and oxygen atoms in total. The van der Waals surface area contributed by atoms with Gasteiger partial charge in [-0.3, -0.25) is 9.59 Å². The monoisotopic (exact) mass is 291 g/mol. The Morgan fingerprint density at radius 1 is 1.38 bits per heavy atom. The van der Waals surface area contributed by atoms with Gasteiger partial charge >= 0.3 is 5.97 Å². The van der Waals surface area contributed by atoms with Crippen molar-refractivity contribution in [3.8, 4) is 0 Å². The molecule has 0 radical (unpaired) electrons. The van der Waals surface area contributed by atoms with Crippen LogP contribution >= 0.6 is 0 Å². The van der Waals surface area contributed by atoms with Gasteiger partial charge in [0.05, 0.1) is 11.5 Å². The number of carboxylic acids is 1. The van der Waals surface area contributed by atoms with Gasteiger partial charge in [0.15, 0.2) is 0 Å². The fourth-order valence-corrected chi connectivity index (χ4v) is 2.96. The third-order valence-electron chi connectivity index (χ3n) is 4.30. The molecule has 0 unspecified atom stereocenters. The molecule has 2 rings (SSSR count). The second kappa shape index (κ2) is 6.26. The molecule has 0 bridgehead atoms. The molecule has 21 heavy (non-hydrogen) atoms. The number of benzene rings is 1. The molecule has 1 aliphatic heterocycles. The number of rotatable bonds is 6. The number of nitrogens with zero attached hydrogens (tertiary/aromatic N) is 1. The summed E-state index contributed by atoms with van der Waals surface area (Å²) >= 11 is 0. The van der Waals surface area contributed by atoms with E-state index >= 15 is 0 Å². The van der Waals surface area contributed by atoms with Crippen LogP contribution in [0.1, 0.15) is 37.8 Å². The number of carbonyl (C=O) groups is 2. The molecule has 2 atom stereocenters. The Morgan fingerprint density at radius 2 is 2.05 bits per heavy atom. The van der Waals surface area contributed by atoms with Gasteiger partial charge < -0.3 is 15.1 Å². The van der Waals surface area contributed by atoms with Gasteiger partial charge in [0.2, 0.25) is 5.91 Å². The van der Waals surface area contributed by atoms with E-state index in [9.17, 15) is 14.7 Å². The number of aliphatic hydroxyl groups excluding tert-OH is 1. The number of carbonyl (C=O) groups excluding carboxylic acids is 1. The largest absolute Gasteiger partial charge is 0.481 e. The van der Waals surface area contributed by atoms with E-state index in [-0.39, 0.29) is 31.5 Å². The molecule has 1 aliphatic rings. The average molecular weight is 291 g/mol. The molecule has 1 saturated heterocycles. The van der Waals surface area contributed by atoms with Gasteiger partial charge in [-0.05, 0) is 25.3 Å². The molecule has 0 saturated carbocycles. The molecule has 1 fully saturated rings. The Morgan fingerprint density at radius 3 is 2.62 bits per heavy atom. The summed E-state index contributed by atoms with van der Waals surface area (Å²) in [5, 5.41) is 18.5. The topological polar surface area (TPSA) is 77.8 Å². The maximum atomic E-state index is 12.3. The van der Waals surface area contributed by atoms with E-state index in [1.165, 1.54) is 0 Å². The quantitative estimate of drug-likeness (QED) is 0.838. The lowest BCUT2D eigenvalue weighted by atomic mass is 9.82. The molecule has 1 aromatic rings. The van der Waals surface area contributed by atoms with E-state index in [4.69, 9.17) is 5.11 Å². The number of aliphatic carboxylic acids is 1. The highest BCUT2D eigenvalue weighted by atomic mass is 16.4. The molecule has 114 valence electrons. The molecule has 1 aromatic carbocycles. The molecule has 1 heterocycles. The highest BCUT2D eigenvalue weighted by Crippen LogP contribution is 2.40.